The SMILES string of the molecule is C[C@H]1OC(=O)C(C2CC2)NC(=O)[C@H](C)[C@H](O)[C@H](Cc2ccccc2)NC(=O)[C@H]1NC(=O)c1ccccc1O. The zero-order valence-electron chi connectivity index (χ0n) is 21.3. The minimum atomic E-state index is -1.35. The molecule has 1 heterocycles. The molecule has 5 N–H and O–H groups in total. The smallest absolute Gasteiger partial charge is 0.329 e. The van der Waals surface area contributed by atoms with Crippen molar-refractivity contribution in [3.63, 3.8) is 0 Å². The van der Waals surface area contributed by atoms with Gasteiger partial charge in [-0.15, -0.1) is 0 Å². The Hall–Kier alpha value is -3.92. The first-order valence-electron chi connectivity index (χ1n) is 12.8. The zero-order chi connectivity index (χ0) is 27.4. The summed E-state index contributed by atoms with van der Waals surface area (Å²) in [5, 5.41) is 29.4. The number of esters is 1. The number of amides is 3. The van der Waals surface area contributed by atoms with E-state index in [2.05, 4.69) is 16.0 Å². The van der Waals surface area contributed by atoms with Gasteiger partial charge in [0.1, 0.15) is 23.9 Å². The second kappa shape index (κ2) is 11.6. The molecule has 6 atom stereocenters. The van der Waals surface area contributed by atoms with Gasteiger partial charge in [0.2, 0.25) is 11.8 Å². The van der Waals surface area contributed by atoms with Crippen molar-refractivity contribution in [2.24, 2.45) is 11.8 Å². The van der Waals surface area contributed by atoms with Gasteiger partial charge in [0.05, 0.1) is 23.6 Å². The molecule has 3 amide bonds. The number of hydrogen-bond acceptors (Lipinski definition) is 7. The predicted molar refractivity (Wildman–Crippen MR) is 137 cm³/mol. The van der Waals surface area contributed by atoms with Crippen LogP contribution >= 0.6 is 0 Å². The quantitative estimate of drug-likeness (QED) is 0.367. The highest BCUT2D eigenvalue weighted by atomic mass is 16.5. The van der Waals surface area contributed by atoms with E-state index in [4.69, 9.17) is 4.74 Å². The summed E-state index contributed by atoms with van der Waals surface area (Å²) in [6, 6.07) is 11.9. The number of aliphatic hydroxyl groups excluding tert-OH is 1. The zero-order valence-corrected chi connectivity index (χ0v) is 21.3. The third kappa shape index (κ3) is 6.31. The highest BCUT2D eigenvalue weighted by molar-refractivity contribution is 6.00. The van der Waals surface area contributed by atoms with Gasteiger partial charge in [0, 0.05) is 0 Å². The van der Waals surface area contributed by atoms with Crippen molar-refractivity contribution in [1.82, 2.24) is 16.0 Å². The van der Waals surface area contributed by atoms with E-state index >= 15 is 0 Å². The summed E-state index contributed by atoms with van der Waals surface area (Å²) in [6.45, 7) is 3.00. The van der Waals surface area contributed by atoms with Crippen LogP contribution in [0.1, 0.15) is 42.6 Å². The van der Waals surface area contributed by atoms with E-state index < -0.39 is 59.9 Å². The van der Waals surface area contributed by atoms with Crippen LogP contribution in [0.15, 0.2) is 54.6 Å². The normalized spacial score (nSPS) is 28.7. The standard InChI is InChI=1S/C28H33N3O7/c1-15-24(33)20(14-17-8-4-3-5-9-17)29-27(36)22(30-26(35)19-10-6-7-11-21(19)32)16(2)38-28(37)23(18-12-13-18)31-25(15)34/h3-11,15-16,18,20,22-24,32-33H,12-14H2,1-2H3,(H,29,36)(H,30,35)(H,31,34)/t15-,16-,20+,22+,23?,24+/m1/s1. The van der Waals surface area contributed by atoms with Crippen molar-refractivity contribution in [1.29, 1.82) is 0 Å². The summed E-state index contributed by atoms with van der Waals surface area (Å²) in [4.78, 5) is 52.6. The van der Waals surface area contributed by atoms with E-state index in [0.29, 0.717) is 0 Å². The summed E-state index contributed by atoms with van der Waals surface area (Å²) in [7, 11) is 0. The van der Waals surface area contributed by atoms with Gasteiger partial charge in [0.15, 0.2) is 0 Å². The van der Waals surface area contributed by atoms with E-state index in [1.54, 1.807) is 12.1 Å². The predicted octanol–water partition coefficient (Wildman–Crippen LogP) is 1.06. The minimum absolute atomic E-state index is 0.0532. The molecular formula is C28H33N3O7. The Bertz CT molecular complexity index is 1180. The Labute approximate surface area is 220 Å². The van der Waals surface area contributed by atoms with Crippen molar-refractivity contribution >= 4 is 23.7 Å². The maximum Gasteiger partial charge on any atom is 0.329 e. The maximum absolute atomic E-state index is 13.6. The summed E-state index contributed by atoms with van der Waals surface area (Å²) in [5.74, 6) is -4.00. The third-order valence-electron chi connectivity index (χ3n) is 7.10. The molecule has 2 fully saturated rings. The molecule has 0 aromatic heterocycles. The molecular weight excluding hydrogens is 490 g/mol. The van der Waals surface area contributed by atoms with Crippen LogP contribution in [0.25, 0.3) is 0 Å². The summed E-state index contributed by atoms with van der Waals surface area (Å²) in [5.41, 5.74) is 0.768. The molecule has 2 aromatic rings. The second-order valence-corrected chi connectivity index (χ2v) is 10.0. The van der Waals surface area contributed by atoms with Gasteiger partial charge < -0.3 is 30.9 Å². The van der Waals surface area contributed by atoms with Crippen LogP contribution in [0.3, 0.4) is 0 Å². The number of benzene rings is 2. The van der Waals surface area contributed by atoms with Crippen molar-refractivity contribution in [3.05, 3.63) is 65.7 Å². The second-order valence-electron chi connectivity index (χ2n) is 10.0. The van der Waals surface area contributed by atoms with Crippen LogP contribution in [0, 0.1) is 11.8 Å². The van der Waals surface area contributed by atoms with Crippen LogP contribution < -0.4 is 16.0 Å². The molecule has 0 spiro atoms. The Morgan fingerprint density at radius 3 is 2.29 bits per heavy atom. The Morgan fingerprint density at radius 2 is 1.63 bits per heavy atom. The van der Waals surface area contributed by atoms with E-state index in [0.717, 1.165) is 18.4 Å². The number of nitrogens with one attached hydrogen (secondary N) is 3. The molecule has 10 nitrogen and oxygen atoms in total. The highest BCUT2D eigenvalue weighted by Crippen LogP contribution is 2.34. The van der Waals surface area contributed by atoms with Gasteiger partial charge in [-0.25, -0.2) is 4.79 Å². The number of para-hydroxylation sites is 1. The van der Waals surface area contributed by atoms with Gasteiger partial charge in [-0.3, -0.25) is 14.4 Å². The molecule has 2 aliphatic rings. The molecule has 1 saturated carbocycles. The molecule has 202 valence electrons. The number of phenolic OH excluding ortho intramolecular Hbond substituents is 1. The maximum atomic E-state index is 13.6. The van der Waals surface area contributed by atoms with Gasteiger partial charge in [-0.1, -0.05) is 49.4 Å². The number of carbonyl (C=O) groups is 4. The van der Waals surface area contributed by atoms with Gasteiger partial charge in [-0.05, 0) is 49.8 Å². The first-order chi connectivity index (χ1) is 18.2. The Kier molecular flexibility index (Phi) is 8.31. The number of phenols is 1. The number of aliphatic hydroxyl groups is 1. The van der Waals surface area contributed by atoms with Crippen LogP contribution in [-0.2, 0) is 25.5 Å². The molecule has 1 aliphatic carbocycles. The van der Waals surface area contributed by atoms with E-state index in [-0.39, 0.29) is 23.7 Å². The van der Waals surface area contributed by atoms with Crippen LogP contribution in [0.2, 0.25) is 0 Å². The highest BCUT2D eigenvalue weighted by Gasteiger charge is 2.43. The fraction of sp³-hybridized carbons (Fsp3) is 0.429. The fourth-order valence-electron chi connectivity index (χ4n) is 4.59. The largest absolute Gasteiger partial charge is 0.507 e. The lowest BCUT2D eigenvalue weighted by molar-refractivity contribution is -0.156. The van der Waals surface area contributed by atoms with Crippen molar-refractivity contribution in [2.45, 2.75) is 63.4 Å². The third-order valence-corrected chi connectivity index (χ3v) is 7.10. The van der Waals surface area contributed by atoms with Gasteiger partial charge >= 0.3 is 5.97 Å². The molecule has 1 saturated heterocycles. The number of aromatic hydroxyl groups is 1. The average molecular weight is 524 g/mol. The molecule has 10 heteroatoms. The lowest BCUT2D eigenvalue weighted by Gasteiger charge is -2.33. The van der Waals surface area contributed by atoms with Crippen LogP contribution in [0.4, 0.5) is 0 Å². The molecule has 4 rings (SSSR count). The summed E-state index contributed by atoms with van der Waals surface area (Å²) in [6.07, 6.45) is -0.737. The molecule has 38 heavy (non-hydrogen) atoms. The summed E-state index contributed by atoms with van der Waals surface area (Å²) < 4.78 is 5.60. The van der Waals surface area contributed by atoms with Crippen molar-refractivity contribution < 1.29 is 34.1 Å². The van der Waals surface area contributed by atoms with Crippen LogP contribution in [-0.4, -0.2) is 64.2 Å². The number of cyclic esters (lactones) is 1. The van der Waals surface area contributed by atoms with Crippen molar-refractivity contribution in [2.75, 3.05) is 0 Å². The lowest BCUT2D eigenvalue weighted by Crippen LogP contribution is -2.60. The van der Waals surface area contributed by atoms with Crippen LogP contribution in [0.5, 0.6) is 5.75 Å². The molecule has 1 unspecified atom stereocenters. The van der Waals surface area contributed by atoms with Crippen molar-refractivity contribution in [3.8, 4) is 5.75 Å². The van der Waals surface area contributed by atoms with E-state index in [1.807, 2.05) is 30.3 Å². The number of ether oxygens (including phenoxy) is 1. The lowest BCUT2D eigenvalue weighted by atomic mass is 9.91. The monoisotopic (exact) mass is 523 g/mol. The molecule has 0 bridgehead atoms. The number of carbonyl (C=O) groups excluding carboxylic acids is 4. The first-order valence-corrected chi connectivity index (χ1v) is 12.8. The topological polar surface area (TPSA) is 154 Å². The van der Waals surface area contributed by atoms with Gasteiger partial charge in [0.25, 0.3) is 5.91 Å². The molecule has 1 aliphatic heterocycles. The van der Waals surface area contributed by atoms with Gasteiger partial charge in [-0.2, -0.15) is 0 Å². The minimum Gasteiger partial charge on any atom is -0.507 e. The Morgan fingerprint density at radius 1 is 0.974 bits per heavy atom. The Balaban J connectivity index is 1.66. The van der Waals surface area contributed by atoms with E-state index in [1.165, 1.54) is 26.0 Å². The van der Waals surface area contributed by atoms with E-state index in [9.17, 15) is 29.4 Å². The first kappa shape index (κ1) is 27.1. The average Bonchev–Trinajstić information content (AvgIpc) is 3.74. The summed E-state index contributed by atoms with van der Waals surface area (Å²) >= 11 is 0. The fourth-order valence-corrected chi connectivity index (χ4v) is 4.59. The molecule has 0 radical (unpaired) electrons. The molecule has 2 aromatic carbocycles. The number of hydrogen-bond donors (Lipinski definition) is 5. The number of rotatable bonds is 5.